The zero-order chi connectivity index (χ0) is 41.1. The van der Waals surface area contributed by atoms with E-state index in [1.807, 2.05) is 6.07 Å². The average molecular weight is 797 g/mol. The van der Waals surface area contributed by atoms with Gasteiger partial charge in [0.2, 0.25) is 0 Å². The molecular formula is C55H48N2O2Si. The molecule has 0 unspecified atom stereocenters. The van der Waals surface area contributed by atoms with E-state index in [1.165, 1.54) is 33.0 Å². The molecular weight excluding hydrogens is 749 g/mol. The lowest BCUT2D eigenvalue weighted by molar-refractivity contribution is 0.592. The van der Waals surface area contributed by atoms with Gasteiger partial charge in [0.1, 0.15) is 17.1 Å². The summed E-state index contributed by atoms with van der Waals surface area (Å²) in [5, 5.41) is 3.69. The molecule has 0 amide bonds. The quantitative estimate of drug-likeness (QED) is 0.150. The number of para-hydroxylation sites is 4. The first-order valence-electron chi connectivity index (χ1n) is 21.1. The minimum absolute atomic E-state index is 0.295. The van der Waals surface area contributed by atoms with Gasteiger partial charge in [-0.25, -0.2) is 0 Å². The molecule has 0 saturated heterocycles. The number of benzene rings is 7. The van der Waals surface area contributed by atoms with E-state index in [0.29, 0.717) is 0 Å². The Labute approximate surface area is 353 Å². The van der Waals surface area contributed by atoms with Crippen molar-refractivity contribution >= 4 is 69.3 Å². The van der Waals surface area contributed by atoms with Crippen molar-refractivity contribution in [1.82, 2.24) is 0 Å². The van der Waals surface area contributed by atoms with Crippen LogP contribution in [0.15, 0.2) is 173 Å². The normalized spacial score (nSPS) is 14.5. The van der Waals surface area contributed by atoms with E-state index in [1.54, 1.807) is 0 Å². The molecule has 2 aromatic heterocycles. The number of rotatable bonds is 7. The van der Waals surface area contributed by atoms with Crippen molar-refractivity contribution in [3.63, 3.8) is 0 Å². The first-order valence-corrected chi connectivity index (χ1v) is 24.6. The third-order valence-corrected chi connectivity index (χ3v) is 15.2. The molecule has 5 heteroatoms. The maximum atomic E-state index is 7.13. The van der Waals surface area contributed by atoms with E-state index < -0.39 is 8.07 Å². The van der Waals surface area contributed by atoms with Crippen molar-refractivity contribution in [2.45, 2.75) is 58.2 Å². The average Bonchev–Trinajstić information content (AvgIpc) is 3.96. The molecule has 4 nitrogen and oxygen atoms in total. The molecule has 0 spiro atoms. The van der Waals surface area contributed by atoms with Gasteiger partial charge in [-0.3, -0.25) is 0 Å². The molecule has 0 radical (unpaired) electrons. The second kappa shape index (κ2) is 13.0. The second-order valence-corrected chi connectivity index (χ2v) is 23.7. The van der Waals surface area contributed by atoms with Crippen molar-refractivity contribution in [1.29, 1.82) is 0 Å². The van der Waals surface area contributed by atoms with Crippen LogP contribution >= 0.6 is 0 Å². The molecule has 0 N–H and O–H groups in total. The summed E-state index contributed by atoms with van der Waals surface area (Å²) in [6.45, 7) is 16.7. The maximum Gasteiger partial charge on any atom is 0.159 e. The smallest absolute Gasteiger partial charge is 0.159 e. The van der Waals surface area contributed by atoms with Crippen LogP contribution in [0, 0.1) is 0 Å². The minimum Gasteiger partial charge on any atom is -0.455 e. The second-order valence-electron chi connectivity index (χ2n) is 18.6. The van der Waals surface area contributed by atoms with Crippen molar-refractivity contribution < 1.29 is 8.83 Å². The monoisotopic (exact) mass is 796 g/mol. The van der Waals surface area contributed by atoms with Crippen molar-refractivity contribution in [3.05, 3.63) is 186 Å². The van der Waals surface area contributed by atoms with E-state index in [4.69, 9.17) is 8.83 Å². The number of hydrogen-bond acceptors (Lipinski definition) is 4. The molecule has 0 bridgehead atoms. The van der Waals surface area contributed by atoms with Crippen LogP contribution in [0.1, 0.15) is 49.9 Å². The number of fused-ring (bicyclic) bond motifs is 10. The van der Waals surface area contributed by atoms with Crippen LogP contribution in [-0.2, 0) is 10.8 Å². The molecule has 0 atom stereocenters. The van der Waals surface area contributed by atoms with E-state index >= 15 is 0 Å². The number of furan rings is 2. The van der Waals surface area contributed by atoms with Crippen molar-refractivity contribution in [3.8, 4) is 22.6 Å². The zero-order valence-corrected chi connectivity index (χ0v) is 36.3. The fraction of sp³-hybridized carbons (Fsp3) is 0.164. The third-order valence-electron chi connectivity index (χ3n) is 13.2. The molecule has 11 rings (SSSR count). The van der Waals surface area contributed by atoms with E-state index in [2.05, 4.69) is 215 Å². The van der Waals surface area contributed by atoms with Crippen molar-refractivity contribution in [2.75, 3.05) is 9.80 Å². The Hall–Kier alpha value is -6.56. The van der Waals surface area contributed by atoms with Gasteiger partial charge < -0.3 is 18.6 Å². The molecule has 9 aromatic rings. The predicted octanol–water partition coefficient (Wildman–Crippen LogP) is 15.3. The molecule has 2 aliphatic rings. The molecule has 0 saturated carbocycles. The topological polar surface area (TPSA) is 32.8 Å². The van der Waals surface area contributed by atoms with E-state index in [0.717, 1.165) is 73.1 Å². The molecule has 2 aliphatic carbocycles. The predicted molar refractivity (Wildman–Crippen MR) is 253 cm³/mol. The number of anilines is 6. The van der Waals surface area contributed by atoms with Gasteiger partial charge in [0.15, 0.2) is 5.58 Å². The van der Waals surface area contributed by atoms with Gasteiger partial charge in [0.05, 0.1) is 13.8 Å². The SMILES string of the molecule is CC1(C)c2cc(N(c3ccccc3)c3ccc([Si](C)(C)C)cc3)ccc2-c2oc3c(c21)C(C)(C)c1cc(N(c2ccccc2)c2cccc4c2oc2ccccc24)ccc1-3. The van der Waals surface area contributed by atoms with Crippen LogP contribution in [0.4, 0.5) is 34.1 Å². The van der Waals surface area contributed by atoms with Crippen LogP contribution in [-0.4, -0.2) is 8.07 Å². The summed E-state index contributed by atoms with van der Waals surface area (Å²) in [6.07, 6.45) is 0. The van der Waals surface area contributed by atoms with Crippen LogP contribution in [0.5, 0.6) is 0 Å². The summed E-state index contributed by atoms with van der Waals surface area (Å²) in [7, 11) is -1.45. The Morgan fingerprint density at radius 1 is 0.433 bits per heavy atom. The highest BCUT2D eigenvalue weighted by Gasteiger charge is 2.50. The molecule has 2 heterocycles. The highest BCUT2D eigenvalue weighted by molar-refractivity contribution is 6.88. The molecule has 0 aliphatic heterocycles. The summed E-state index contributed by atoms with van der Waals surface area (Å²) in [5.74, 6) is 2.00. The molecule has 7 aromatic carbocycles. The lowest BCUT2D eigenvalue weighted by Crippen LogP contribution is -2.37. The number of nitrogens with zero attached hydrogens (tertiary/aromatic N) is 2. The fourth-order valence-corrected chi connectivity index (χ4v) is 11.3. The van der Waals surface area contributed by atoms with Crippen LogP contribution in [0.3, 0.4) is 0 Å². The summed E-state index contributed by atoms with van der Waals surface area (Å²) in [6, 6.07) is 59.2. The summed E-state index contributed by atoms with van der Waals surface area (Å²) < 4.78 is 13.7. The van der Waals surface area contributed by atoms with Gasteiger partial charge in [0, 0.05) is 72.3 Å². The van der Waals surface area contributed by atoms with E-state index in [-0.39, 0.29) is 10.8 Å². The Morgan fingerprint density at radius 2 is 0.917 bits per heavy atom. The van der Waals surface area contributed by atoms with E-state index in [9.17, 15) is 0 Å². The van der Waals surface area contributed by atoms with Gasteiger partial charge in [-0.2, -0.15) is 0 Å². The van der Waals surface area contributed by atoms with Gasteiger partial charge in [0.25, 0.3) is 0 Å². The zero-order valence-electron chi connectivity index (χ0n) is 35.3. The highest BCUT2D eigenvalue weighted by Crippen LogP contribution is 2.62. The lowest BCUT2D eigenvalue weighted by Gasteiger charge is -2.30. The van der Waals surface area contributed by atoms with Gasteiger partial charge >= 0.3 is 0 Å². The van der Waals surface area contributed by atoms with Crippen LogP contribution in [0.25, 0.3) is 44.6 Å². The third kappa shape index (κ3) is 5.35. The maximum absolute atomic E-state index is 7.13. The Balaban J connectivity index is 1.01. The van der Waals surface area contributed by atoms with Crippen LogP contribution < -0.4 is 15.0 Å². The number of hydrogen-bond donors (Lipinski definition) is 0. The van der Waals surface area contributed by atoms with Gasteiger partial charge in [-0.15, -0.1) is 0 Å². The lowest BCUT2D eigenvalue weighted by atomic mass is 9.74. The fourth-order valence-electron chi connectivity index (χ4n) is 10.1. The minimum atomic E-state index is -1.45. The first-order chi connectivity index (χ1) is 28.9. The largest absolute Gasteiger partial charge is 0.455 e. The Morgan fingerprint density at radius 3 is 1.50 bits per heavy atom. The highest BCUT2D eigenvalue weighted by atomic mass is 28.3. The van der Waals surface area contributed by atoms with Gasteiger partial charge in [-0.1, -0.05) is 131 Å². The Bertz CT molecular complexity index is 3130. The van der Waals surface area contributed by atoms with Gasteiger partial charge in [-0.05, 0) is 96.1 Å². The first kappa shape index (κ1) is 36.5. The standard InChI is InChI=1S/C55H48N2O2Si/c1-54(2)45-33-38(56(35-17-10-8-11-18-35)37-25-29-40(30-26-37)60(5,6)7)27-31-43(45)52-49(54)50-53(59-52)44-32-28-39(34-46(44)55(50,3)4)57(36-19-12-9-13-20-36)47-23-16-22-42-41-21-14-15-24-48(41)58-51(42)47/h8-34H,1-7H3. The van der Waals surface area contributed by atoms with Crippen molar-refractivity contribution in [2.24, 2.45) is 0 Å². The summed E-state index contributed by atoms with van der Waals surface area (Å²) in [4.78, 5) is 4.73. The molecule has 294 valence electrons. The van der Waals surface area contributed by atoms with Crippen LogP contribution in [0.2, 0.25) is 19.6 Å². The molecule has 60 heavy (non-hydrogen) atoms. The molecule has 0 fully saturated rings. The Kier molecular flexibility index (Phi) is 7.89. The summed E-state index contributed by atoms with van der Waals surface area (Å²) in [5.41, 5.74) is 15.2. The summed E-state index contributed by atoms with van der Waals surface area (Å²) >= 11 is 0.